The largest absolute Gasteiger partial charge is 0.371 e. The van der Waals surface area contributed by atoms with Crippen molar-refractivity contribution in [1.82, 2.24) is 0 Å². The molecule has 0 saturated carbocycles. The monoisotopic (exact) mass is 343 g/mol. The highest BCUT2D eigenvalue weighted by molar-refractivity contribution is 9.10. The number of benzene rings is 1. The fraction of sp³-hybridized carbons (Fsp3) is 0.308. The van der Waals surface area contributed by atoms with Gasteiger partial charge in [-0.15, -0.1) is 0 Å². The normalized spacial score (nSPS) is 12.2. The van der Waals surface area contributed by atoms with Gasteiger partial charge in [-0.25, -0.2) is 0 Å². The van der Waals surface area contributed by atoms with Crippen LogP contribution in [-0.4, -0.2) is 13.2 Å². The van der Waals surface area contributed by atoms with Crippen molar-refractivity contribution in [3.63, 3.8) is 0 Å². The Morgan fingerprint density at radius 1 is 1.32 bits per heavy atom. The highest BCUT2D eigenvalue weighted by Gasteiger charge is 2.29. The lowest BCUT2D eigenvalue weighted by Crippen LogP contribution is -1.97. The molecular weight excluding hydrogens is 329 g/mol. The molecule has 0 saturated heterocycles. The standard InChI is InChI=1S/C13H15BrNO3P/c1-3-17-19(16,18-4-2)13(10-15)9-11-5-7-12(14)8-6-11/h5-9H,3-4H2,1-2H3. The minimum atomic E-state index is -3.52. The third kappa shape index (κ3) is 4.59. The maximum Gasteiger partial charge on any atom is 0.371 e. The van der Waals surface area contributed by atoms with Crippen LogP contribution in [0.5, 0.6) is 0 Å². The molecule has 0 bridgehead atoms. The molecule has 0 aliphatic carbocycles. The van der Waals surface area contributed by atoms with Crippen LogP contribution in [0.15, 0.2) is 34.1 Å². The Balaban J connectivity index is 3.14. The topological polar surface area (TPSA) is 59.3 Å². The van der Waals surface area contributed by atoms with Crippen LogP contribution in [0.2, 0.25) is 0 Å². The lowest BCUT2D eigenvalue weighted by molar-refractivity contribution is 0.227. The van der Waals surface area contributed by atoms with Gasteiger partial charge >= 0.3 is 7.60 Å². The maximum atomic E-state index is 12.5. The molecule has 0 N–H and O–H groups in total. The predicted molar refractivity (Wildman–Crippen MR) is 78.6 cm³/mol. The van der Waals surface area contributed by atoms with E-state index >= 15 is 0 Å². The molecule has 0 unspecified atom stereocenters. The molecule has 19 heavy (non-hydrogen) atoms. The quantitative estimate of drug-likeness (QED) is 0.560. The molecule has 0 aromatic heterocycles. The minimum Gasteiger partial charge on any atom is -0.305 e. The van der Waals surface area contributed by atoms with E-state index in [9.17, 15) is 9.83 Å². The summed E-state index contributed by atoms with van der Waals surface area (Å²) in [5, 5.41) is 9.18. The van der Waals surface area contributed by atoms with E-state index in [1.807, 2.05) is 30.3 Å². The molecule has 0 amide bonds. The van der Waals surface area contributed by atoms with Crippen molar-refractivity contribution in [3.8, 4) is 6.07 Å². The summed E-state index contributed by atoms with van der Waals surface area (Å²) < 4.78 is 23.7. The molecule has 0 spiro atoms. The van der Waals surface area contributed by atoms with Crippen LogP contribution >= 0.6 is 23.5 Å². The summed E-state index contributed by atoms with van der Waals surface area (Å²) in [6, 6.07) is 9.21. The molecule has 1 aromatic carbocycles. The van der Waals surface area contributed by atoms with Crippen molar-refractivity contribution in [2.45, 2.75) is 13.8 Å². The Hall–Kier alpha value is -0.920. The lowest BCUT2D eigenvalue weighted by Gasteiger charge is -2.15. The molecule has 1 rings (SSSR count). The SMILES string of the molecule is CCOP(=O)(OCC)C(C#N)=Cc1ccc(Br)cc1. The number of halogens is 1. The molecule has 0 radical (unpaired) electrons. The van der Waals surface area contributed by atoms with E-state index in [4.69, 9.17) is 9.05 Å². The van der Waals surface area contributed by atoms with Gasteiger partial charge in [-0.2, -0.15) is 5.26 Å². The van der Waals surface area contributed by atoms with Crippen LogP contribution in [0.4, 0.5) is 0 Å². The van der Waals surface area contributed by atoms with E-state index in [1.54, 1.807) is 13.8 Å². The number of rotatable bonds is 6. The summed E-state index contributed by atoms with van der Waals surface area (Å²) in [5.41, 5.74) is 0.763. The average molecular weight is 344 g/mol. The van der Waals surface area contributed by atoms with Gasteiger partial charge in [0.2, 0.25) is 0 Å². The van der Waals surface area contributed by atoms with Crippen molar-refractivity contribution >= 4 is 29.6 Å². The van der Waals surface area contributed by atoms with Gasteiger partial charge in [0.1, 0.15) is 11.4 Å². The first kappa shape index (κ1) is 16.1. The molecule has 1 aromatic rings. The Morgan fingerprint density at radius 2 is 1.84 bits per heavy atom. The van der Waals surface area contributed by atoms with E-state index in [0.717, 1.165) is 10.0 Å². The molecule has 6 heteroatoms. The van der Waals surface area contributed by atoms with Crippen LogP contribution in [0, 0.1) is 11.3 Å². The van der Waals surface area contributed by atoms with Gasteiger partial charge in [-0.1, -0.05) is 28.1 Å². The number of nitriles is 1. The molecule has 0 heterocycles. The van der Waals surface area contributed by atoms with Crippen molar-refractivity contribution < 1.29 is 13.6 Å². The first-order chi connectivity index (χ1) is 9.05. The first-order valence-corrected chi connectivity index (χ1v) is 8.16. The third-order valence-corrected chi connectivity index (χ3v) is 4.73. The second-order valence-electron chi connectivity index (χ2n) is 3.53. The smallest absolute Gasteiger partial charge is 0.305 e. The zero-order valence-electron chi connectivity index (χ0n) is 10.8. The van der Waals surface area contributed by atoms with Gasteiger partial charge in [-0.05, 0) is 37.6 Å². The molecule has 0 aliphatic rings. The summed E-state index contributed by atoms with van der Waals surface area (Å²) in [6.45, 7) is 3.86. The van der Waals surface area contributed by atoms with Crippen LogP contribution < -0.4 is 0 Å². The minimum absolute atomic E-state index is 0.0125. The van der Waals surface area contributed by atoms with Crippen molar-refractivity contribution in [2.24, 2.45) is 0 Å². The zero-order chi connectivity index (χ0) is 14.3. The predicted octanol–water partition coefficient (Wildman–Crippen LogP) is 4.58. The number of hydrogen-bond acceptors (Lipinski definition) is 4. The van der Waals surface area contributed by atoms with Crippen LogP contribution in [0.25, 0.3) is 6.08 Å². The number of nitrogens with zero attached hydrogens (tertiary/aromatic N) is 1. The lowest BCUT2D eigenvalue weighted by atomic mass is 10.2. The Morgan fingerprint density at radius 3 is 2.26 bits per heavy atom. The van der Waals surface area contributed by atoms with Gasteiger partial charge in [-0.3, -0.25) is 4.57 Å². The molecular formula is C13H15BrNO3P. The van der Waals surface area contributed by atoms with Crippen LogP contribution in [-0.2, 0) is 13.6 Å². The third-order valence-electron chi connectivity index (χ3n) is 2.18. The van der Waals surface area contributed by atoms with Crippen molar-refractivity contribution in [1.29, 1.82) is 5.26 Å². The summed E-state index contributed by atoms with van der Waals surface area (Å²) >= 11 is 3.33. The molecule has 0 atom stereocenters. The van der Waals surface area contributed by atoms with E-state index in [0.29, 0.717) is 0 Å². The molecule has 0 aliphatic heterocycles. The van der Waals surface area contributed by atoms with E-state index in [1.165, 1.54) is 6.08 Å². The Kier molecular flexibility index (Phi) is 6.47. The fourth-order valence-electron chi connectivity index (χ4n) is 1.41. The average Bonchev–Trinajstić information content (AvgIpc) is 2.38. The van der Waals surface area contributed by atoms with E-state index in [-0.39, 0.29) is 18.5 Å². The van der Waals surface area contributed by atoms with Gasteiger partial charge in [0.25, 0.3) is 0 Å². The summed E-state index contributed by atoms with van der Waals surface area (Å²) in [7, 11) is -3.52. The van der Waals surface area contributed by atoms with E-state index < -0.39 is 7.60 Å². The molecule has 0 fully saturated rings. The van der Waals surface area contributed by atoms with Gasteiger partial charge in [0.05, 0.1) is 13.2 Å². The second-order valence-corrected chi connectivity index (χ2v) is 6.43. The van der Waals surface area contributed by atoms with Crippen molar-refractivity contribution in [2.75, 3.05) is 13.2 Å². The fourth-order valence-corrected chi connectivity index (χ4v) is 3.13. The Bertz CT molecular complexity index is 524. The van der Waals surface area contributed by atoms with Gasteiger partial charge in [0, 0.05) is 4.47 Å². The maximum absolute atomic E-state index is 12.5. The van der Waals surface area contributed by atoms with Crippen LogP contribution in [0.3, 0.4) is 0 Å². The molecule has 102 valence electrons. The van der Waals surface area contributed by atoms with Gasteiger partial charge < -0.3 is 9.05 Å². The summed E-state index contributed by atoms with van der Waals surface area (Å²) in [6.07, 6.45) is 1.53. The Labute approximate surface area is 121 Å². The highest BCUT2D eigenvalue weighted by atomic mass is 79.9. The molecule has 4 nitrogen and oxygen atoms in total. The van der Waals surface area contributed by atoms with Crippen molar-refractivity contribution in [3.05, 3.63) is 39.6 Å². The summed E-state index contributed by atoms with van der Waals surface area (Å²) in [5.74, 6) is 0. The highest BCUT2D eigenvalue weighted by Crippen LogP contribution is 2.56. The summed E-state index contributed by atoms with van der Waals surface area (Å²) in [4.78, 5) is 0. The second kappa shape index (κ2) is 7.62. The van der Waals surface area contributed by atoms with Gasteiger partial charge in [0.15, 0.2) is 0 Å². The number of hydrogen-bond donors (Lipinski definition) is 0. The number of allylic oxidation sites excluding steroid dienone is 1. The first-order valence-electron chi connectivity index (χ1n) is 5.82. The van der Waals surface area contributed by atoms with Crippen LogP contribution in [0.1, 0.15) is 19.4 Å². The van der Waals surface area contributed by atoms with E-state index in [2.05, 4.69) is 15.9 Å². The zero-order valence-corrected chi connectivity index (χ0v) is 13.3.